The lowest BCUT2D eigenvalue weighted by Crippen LogP contribution is -2.44. The Hall–Kier alpha value is -4.69. The Balaban J connectivity index is 1.78. The van der Waals surface area contributed by atoms with Gasteiger partial charge in [0.15, 0.2) is 0 Å². The van der Waals surface area contributed by atoms with Crippen LogP contribution in [0, 0.1) is 5.82 Å². The van der Waals surface area contributed by atoms with Gasteiger partial charge >= 0.3 is 12.3 Å². The number of benzene rings is 1. The molecule has 15 heteroatoms. The van der Waals surface area contributed by atoms with Crippen LogP contribution in [0.15, 0.2) is 47.4 Å². The molecule has 0 radical (unpaired) electrons. The Kier molecular flexibility index (Phi) is 10.4. The highest BCUT2D eigenvalue weighted by molar-refractivity contribution is 5.96. The molecule has 2 heterocycles. The quantitative estimate of drug-likeness (QED) is 0.230. The molecule has 3 rings (SSSR count). The summed E-state index contributed by atoms with van der Waals surface area (Å²) in [5.41, 5.74) is -0.322. The first-order valence-corrected chi connectivity index (χ1v) is 12.7. The minimum absolute atomic E-state index is 0.0887. The number of fused-ring (bicyclic) bond motifs is 1. The first-order valence-electron chi connectivity index (χ1n) is 12.7. The number of hydrogen-bond acceptors (Lipinski definition) is 6. The van der Waals surface area contributed by atoms with Crippen molar-refractivity contribution in [2.45, 2.75) is 44.4 Å². The number of H-pyrrole nitrogens is 1. The predicted molar refractivity (Wildman–Crippen MR) is 145 cm³/mol. The molecule has 0 fully saturated rings. The van der Waals surface area contributed by atoms with Crippen LogP contribution >= 0.6 is 0 Å². The lowest BCUT2D eigenvalue weighted by Gasteiger charge is -2.17. The molecule has 0 aliphatic rings. The van der Waals surface area contributed by atoms with Crippen molar-refractivity contribution in [2.24, 2.45) is 0 Å². The van der Waals surface area contributed by atoms with Crippen LogP contribution in [0.5, 0.6) is 0 Å². The topological polar surface area (TPSA) is 138 Å². The van der Waals surface area contributed by atoms with Crippen molar-refractivity contribution in [1.82, 2.24) is 24.8 Å². The number of aromatic amines is 1. The van der Waals surface area contributed by atoms with Crippen molar-refractivity contribution in [3.8, 4) is 0 Å². The van der Waals surface area contributed by atoms with Crippen LogP contribution in [0.4, 0.5) is 28.0 Å². The number of allylic oxidation sites excluding steroid dienone is 1. The first kappa shape index (κ1) is 31.8. The van der Waals surface area contributed by atoms with Gasteiger partial charge in [0.1, 0.15) is 23.4 Å². The van der Waals surface area contributed by atoms with Gasteiger partial charge in [0.05, 0.1) is 24.7 Å². The van der Waals surface area contributed by atoms with Gasteiger partial charge in [-0.1, -0.05) is 6.08 Å². The summed E-state index contributed by atoms with van der Waals surface area (Å²) in [6, 6.07) is 3.81. The fourth-order valence-electron chi connectivity index (χ4n) is 3.95. The van der Waals surface area contributed by atoms with E-state index >= 15 is 0 Å². The molecule has 42 heavy (non-hydrogen) atoms. The van der Waals surface area contributed by atoms with Gasteiger partial charge in [-0.2, -0.15) is 13.2 Å². The van der Waals surface area contributed by atoms with E-state index in [-0.39, 0.29) is 53.4 Å². The van der Waals surface area contributed by atoms with Crippen molar-refractivity contribution < 1.29 is 36.7 Å². The summed E-state index contributed by atoms with van der Waals surface area (Å²) in [5.74, 6) is -1.53. The van der Waals surface area contributed by atoms with E-state index in [9.17, 15) is 36.7 Å². The second kappa shape index (κ2) is 13.8. The molecule has 0 bridgehead atoms. The maximum atomic E-state index is 14.0. The van der Waals surface area contributed by atoms with Crippen molar-refractivity contribution in [3.05, 3.63) is 70.2 Å². The molecule has 0 aliphatic heterocycles. The third kappa shape index (κ3) is 8.91. The summed E-state index contributed by atoms with van der Waals surface area (Å²) in [7, 11) is 4.29. The van der Waals surface area contributed by atoms with Crippen LogP contribution in [0.3, 0.4) is 0 Å². The Bertz CT molecular complexity index is 1530. The number of aryl methyl sites for hydroxylation is 1. The fraction of sp³-hybridized carbons (Fsp3) is 0.370. The number of ether oxygens (including phenoxy) is 1. The fourth-order valence-corrected chi connectivity index (χ4v) is 3.95. The normalized spacial score (nSPS) is 12.4. The van der Waals surface area contributed by atoms with E-state index in [1.54, 1.807) is 20.2 Å². The van der Waals surface area contributed by atoms with Crippen LogP contribution in [-0.2, 0) is 27.3 Å². The summed E-state index contributed by atoms with van der Waals surface area (Å²) in [6.45, 7) is -0.161. The largest absolute Gasteiger partial charge is 0.453 e. The number of anilines is 1. The number of amides is 3. The zero-order valence-electron chi connectivity index (χ0n) is 23.0. The van der Waals surface area contributed by atoms with E-state index in [1.165, 1.54) is 33.9 Å². The molecular weight excluding hydrogens is 564 g/mol. The number of nitrogens with zero attached hydrogens (tertiary/aromatic N) is 3. The molecule has 1 unspecified atom stereocenters. The average molecular weight is 595 g/mol. The highest BCUT2D eigenvalue weighted by Crippen LogP contribution is 2.26. The minimum Gasteiger partial charge on any atom is -0.453 e. The number of alkyl carbamates (subject to hydrolysis) is 1. The monoisotopic (exact) mass is 594 g/mol. The first-order chi connectivity index (χ1) is 19.8. The van der Waals surface area contributed by atoms with Crippen LogP contribution in [0.1, 0.15) is 30.7 Å². The third-order valence-corrected chi connectivity index (χ3v) is 6.08. The molecule has 0 saturated heterocycles. The Labute approximate surface area is 237 Å². The maximum Gasteiger partial charge on any atom is 0.407 e. The second-order valence-electron chi connectivity index (χ2n) is 9.50. The number of pyridine rings is 1. The van der Waals surface area contributed by atoms with Gasteiger partial charge in [-0.15, -0.1) is 0 Å². The van der Waals surface area contributed by atoms with E-state index < -0.39 is 48.4 Å². The maximum absolute atomic E-state index is 14.0. The van der Waals surface area contributed by atoms with Gasteiger partial charge in [-0.3, -0.25) is 14.4 Å². The van der Waals surface area contributed by atoms with E-state index in [1.807, 2.05) is 0 Å². The number of alkyl halides is 3. The van der Waals surface area contributed by atoms with Crippen LogP contribution < -0.4 is 16.2 Å². The smallest absolute Gasteiger partial charge is 0.407 e. The van der Waals surface area contributed by atoms with Gasteiger partial charge in [0, 0.05) is 32.8 Å². The summed E-state index contributed by atoms with van der Waals surface area (Å²) >= 11 is 0. The molecule has 0 saturated carbocycles. The van der Waals surface area contributed by atoms with Gasteiger partial charge in [-0.25, -0.2) is 14.2 Å². The molecule has 0 spiro atoms. The van der Waals surface area contributed by atoms with Crippen molar-refractivity contribution in [2.75, 3.05) is 26.5 Å². The zero-order chi connectivity index (χ0) is 31.0. The van der Waals surface area contributed by atoms with E-state index in [0.717, 1.165) is 19.2 Å². The molecule has 0 aliphatic carbocycles. The number of rotatable bonds is 11. The van der Waals surface area contributed by atoms with Crippen LogP contribution in [0.2, 0.25) is 0 Å². The number of likely N-dealkylation sites (N-methyl/N-ethyl adjacent to an activating group) is 1. The molecule has 3 amide bonds. The van der Waals surface area contributed by atoms with E-state index in [0.29, 0.717) is 0 Å². The standard InChI is InChI=1S/C27H30F4N6O5/c1-36(2)22(38)9-5-4-7-18(34-26(41)42-3)24(39)33-19-8-6-12-37(25(19)40)15-21-32-20-14-17(28)13-16(23(20)35-21)10-11-27(29,30)31/h5-6,8-9,12-14,18H,4,7,10-11,15H2,1-3H3,(H,32,35)(H,33,39)(H,34,41)/b9-5+. The molecule has 226 valence electrons. The van der Waals surface area contributed by atoms with Gasteiger partial charge < -0.3 is 29.8 Å². The Morgan fingerprint density at radius 2 is 1.98 bits per heavy atom. The number of imidazole rings is 1. The summed E-state index contributed by atoms with van der Waals surface area (Å²) in [6.07, 6.45) is -2.27. The molecule has 1 aromatic carbocycles. The highest BCUT2D eigenvalue weighted by Gasteiger charge is 2.27. The van der Waals surface area contributed by atoms with Gasteiger partial charge in [0.2, 0.25) is 11.8 Å². The molecule has 11 nitrogen and oxygen atoms in total. The number of hydrogen-bond donors (Lipinski definition) is 3. The molecule has 3 N–H and O–H groups in total. The Morgan fingerprint density at radius 1 is 1.24 bits per heavy atom. The lowest BCUT2D eigenvalue weighted by molar-refractivity contribution is -0.134. The van der Waals surface area contributed by atoms with Crippen LogP contribution in [-0.4, -0.2) is 70.8 Å². The summed E-state index contributed by atoms with van der Waals surface area (Å²) < 4.78 is 58.0. The lowest BCUT2D eigenvalue weighted by atomic mass is 10.1. The number of carbonyl (C=O) groups excluding carboxylic acids is 3. The number of halogens is 4. The number of methoxy groups -OCH3 is 1. The molecule has 1 atom stereocenters. The average Bonchev–Trinajstić information content (AvgIpc) is 3.32. The second-order valence-corrected chi connectivity index (χ2v) is 9.50. The highest BCUT2D eigenvalue weighted by atomic mass is 19.4. The van der Waals surface area contributed by atoms with E-state index in [2.05, 4.69) is 25.3 Å². The number of carbonyl (C=O) groups is 3. The minimum atomic E-state index is -4.42. The Morgan fingerprint density at radius 3 is 2.64 bits per heavy atom. The number of aromatic nitrogens is 3. The van der Waals surface area contributed by atoms with Gasteiger partial charge in [-0.05, 0) is 49.1 Å². The molecule has 2 aromatic heterocycles. The van der Waals surface area contributed by atoms with E-state index in [4.69, 9.17) is 0 Å². The number of nitrogens with one attached hydrogen (secondary N) is 3. The predicted octanol–water partition coefficient (Wildman–Crippen LogP) is 3.49. The van der Waals surface area contributed by atoms with Gasteiger partial charge in [0.25, 0.3) is 5.56 Å². The third-order valence-electron chi connectivity index (χ3n) is 6.08. The van der Waals surface area contributed by atoms with Crippen molar-refractivity contribution in [1.29, 1.82) is 0 Å². The SMILES string of the molecule is COC(=O)NC(CC/C=C/C(=O)N(C)C)C(=O)Nc1cccn(Cc2nc3cc(F)cc(CCC(F)(F)F)c3[nH]2)c1=O. The zero-order valence-corrected chi connectivity index (χ0v) is 23.0. The molecular formula is C27H30F4N6O5. The summed E-state index contributed by atoms with van der Waals surface area (Å²) in [4.78, 5) is 58.0. The van der Waals surface area contributed by atoms with Crippen LogP contribution in [0.25, 0.3) is 11.0 Å². The van der Waals surface area contributed by atoms with Crippen molar-refractivity contribution in [3.63, 3.8) is 0 Å². The summed E-state index contributed by atoms with van der Waals surface area (Å²) in [5, 5.41) is 4.87. The molecule has 3 aromatic rings. The van der Waals surface area contributed by atoms with Crippen molar-refractivity contribution >= 4 is 34.6 Å².